The summed E-state index contributed by atoms with van der Waals surface area (Å²) in [5.74, 6) is -0.611. The molecule has 1 aliphatic heterocycles. The minimum absolute atomic E-state index is 0.0645. The van der Waals surface area contributed by atoms with Crippen molar-refractivity contribution in [2.24, 2.45) is 17.8 Å². The number of thiazole rings is 1. The van der Waals surface area contributed by atoms with E-state index in [0.29, 0.717) is 13.0 Å². The molecule has 0 aliphatic carbocycles. The first-order valence-electron chi connectivity index (χ1n) is 16.6. The van der Waals surface area contributed by atoms with Gasteiger partial charge in [0.05, 0.1) is 48.7 Å². The SMILES string of the molecule is CC[C@H](C)[C@H](NC(=O)[C@@H](NC)C(C)C)[C@@H](CC(=O)N1CCC[C@H]1[C@H](OC)[C@@H](C)C(=O)N[C@@H](Cc1ccccc1)c1nccs1)OC. The third kappa shape index (κ3) is 9.82. The molecule has 1 saturated heterocycles. The van der Waals surface area contributed by atoms with Gasteiger partial charge in [0.1, 0.15) is 5.01 Å². The van der Waals surface area contributed by atoms with Crippen LogP contribution in [-0.2, 0) is 30.3 Å². The maximum absolute atomic E-state index is 13.9. The zero-order valence-electron chi connectivity index (χ0n) is 28.8. The molecule has 3 rings (SSSR count). The summed E-state index contributed by atoms with van der Waals surface area (Å²) in [7, 11) is 4.98. The summed E-state index contributed by atoms with van der Waals surface area (Å²) in [4.78, 5) is 47.2. The van der Waals surface area contributed by atoms with E-state index in [2.05, 4.69) is 34.8 Å². The highest BCUT2D eigenvalue weighted by Gasteiger charge is 2.42. The lowest BCUT2D eigenvalue weighted by Crippen LogP contribution is -2.56. The molecule has 11 heteroatoms. The van der Waals surface area contributed by atoms with Gasteiger partial charge in [-0.2, -0.15) is 0 Å². The van der Waals surface area contributed by atoms with Crippen LogP contribution >= 0.6 is 11.3 Å². The molecule has 0 unspecified atom stereocenters. The summed E-state index contributed by atoms with van der Waals surface area (Å²) in [6.07, 6.45) is 3.88. The Bertz CT molecular complexity index is 1210. The first-order chi connectivity index (χ1) is 22.1. The number of likely N-dealkylation sites (N-methyl/N-ethyl adjacent to an activating group) is 1. The maximum Gasteiger partial charge on any atom is 0.237 e. The molecule has 46 heavy (non-hydrogen) atoms. The molecule has 0 spiro atoms. The van der Waals surface area contributed by atoms with E-state index in [4.69, 9.17) is 9.47 Å². The van der Waals surface area contributed by atoms with Crippen LogP contribution in [0.1, 0.15) is 76.9 Å². The van der Waals surface area contributed by atoms with Gasteiger partial charge in [0.2, 0.25) is 17.7 Å². The molecule has 2 aromatic rings. The maximum atomic E-state index is 13.9. The second-order valence-corrected chi connectivity index (χ2v) is 13.7. The average Bonchev–Trinajstić information content (AvgIpc) is 3.76. The molecule has 0 bridgehead atoms. The van der Waals surface area contributed by atoms with Crippen LogP contribution in [0.15, 0.2) is 41.9 Å². The molecular formula is C35H55N5O5S. The van der Waals surface area contributed by atoms with E-state index < -0.39 is 18.1 Å². The molecule has 1 aromatic carbocycles. The second-order valence-electron chi connectivity index (χ2n) is 12.8. The van der Waals surface area contributed by atoms with Crippen LogP contribution in [0.25, 0.3) is 0 Å². The Morgan fingerprint density at radius 3 is 2.33 bits per heavy atom. The van der Waals surface area contributed by atoms with Crippen molar-refractivity contribution in [3.63, 3.8) is 0 Å². The molecule has 1 fully saturated rings. The molecule has 8 atom stereocenters. The molecular weight excluding hydrogens is 602 g/mol. The molecule has 1 aromatic heterocycles. The van der Waals surface area contributed by atoms with Crippen molar-refractivity contribution in [2.45, 2.75) is 103 Å². The first-order valence-corrected chi connectivity index (χ1v) is 17.5. The quantitative estimate of drug-likeness (QED) is 0.218. The van der Waals surface area contributed by atoms with Crippen molar-refractivity contribution < 1.29 is 23.9 Å². The molecule has 0 saturated carbocycles. The Labute approximate surface area is 279 Å². The van der Waals surface area contributed by atoms with Crippen LogP contribution in [0.5, 0.6) is 0 Å². The minimum atomic E-state index is -0.512. The monoisotopic (exact) mass is 657 g/mol. The van der Waals surface area contributed by atoms with Crippen molar-refractivity contribution in [2.75, 3.05) is 27.8 Å². The van der Waals surface area contributed by atoms with Crippen molar-refractivity contribution >= 4 is 29.1 Å². The number of nitrogens with one attached hydrogen (secondary N) is 3. The highest BCUT2D eigenvalue weighted by atomic mass is 32.1. The van der Waals surface area contributed by atoms with Gasteiger partial charge in [-0.1, -0.05) is 71.4 Å². The van der Waals surface area contributed by atoms with E-state index in [9.17, 15) is 14.4 Å². The van der Waals surface area contributed by atoms with Gasteiger partial charge in [0.15, 0.2) is 0 Å². The Morgan fingerprint density at radius 2 is 1.76 bits per heavy atom. The van der Waals surface area contributed by atoms with Crippen molar-refractivity contribution in [1.29, 1.82) is 0 Å². The number of rotatable bonds is 18. The lowest BCUT2D eigenvalue weighted by molar-refractivity contribution is -0.143. The van der Waals surface area contributed by atoms with E-state index in [1.54, 1.807) is 27.5 Å². The van der Waals surface area contributed by atoms with E-state index in [0.717, 1.165) is 29.8 Å². The fourth-order valence-corrected chi connectivity index (χ4v) is 7.26. The van der Waals surface area contributed by atoms with E-state index in [-0.39, 0.29) is 60.1 Å². The van der Waals surface area contributed by atoms with Crippen LogP contribution in [0.4, 0.5) is 0 Å². The smallest absolute Gasteiger partial charge is 0.237 e. The minimum Gasteiger partial charge on any atom is -0.379 e. The van der Waals surface area contributed by atoms with Crippen LogP contribution in [-0.4, -0.2) is 85.8 Å². The molecule has 3 N–H and O–H groups in total. The van der Waals surface area contributed by atoms with Gasteiger partial charge in [0.25, 0.3) is 0 Å². The number of methoxy groups -OCH3 is 2. The number of hydrogen-bond donors (Lipinski definition) is 3. The Hall–Kier alpha value is -2.86. The summed E-state index contributed by atoms with van der Waals surface area (Å²) in [6, 6.07) is 8.83. The van der Waals surface area contributed by atoms with Crippen LogP contribution in [0.2, 0.25) is 0 Å². The predicted molar refractivity (Wildman–Crippen MR) is 182 cm³/mol. The number of carbonyl (C=O) groups excluding carboxylic acids is 3. The number of ether oxygens (including phenoxy) is 2. The summed E-state index contributed by atoms with van der Waals surface area (Å²) in [5.41, 5.74) is 1.11. The van der Waals surface area contributed by atoms with Gasteiger partial charge in [-0.25, -0.2) is 4.98 Å². The van der Waals surface area contributed by atoms with Gasteiger partial charge in [-0.15, -0.1) is 11.3 Å². The highest BCUT2D eigenvalue weighted by Crippen LogP contribution is 2.29. The van der Waals surface area contributed by atoms with Crippen LogP contribution in [0, 0.1) is 17.8 Å². The molecule has 2 heterocycles. The molecule has 1 aliphatic rings. The first kappa shape index (κ1) is 37.6. The Morgan fingerprint density at radius 1 is 1.04 bits per heavy atom. The third-order valence-corrected chi connectivity index (χ3v) is 10.3. The topological polar surface area (TPSA) is 122 Å². The standard InChI is InChI=1S/C35H55N5O5S/c1-9-23(4)31(39-34(43)30(36-6)22(2)3)28(44-7)21-29(41)40-18-13-16-27(40)32(45-8)24(5)33(42)38-26(35-37-17-19-46-35)20-25-14-11-10-12-15-25/h10-12,14-15,17,19,22-24,26-28,30-32,36H,9,13,16,18,20-21H2,1-8H3,(H,38,42)(H,39,43)/t23-,24+,26-,27-,28+,30-,31-,32+/m0/s1. The molecule has 256 valence electrons. The van der Waals surface area contributed by atoms with E-state index in [1.165, 1.54) is 11.3 Å². The normalized spacial score (nSPS) is 19.6. The summed E-state index contributed by atoms with van der Waals surface area (Å²) in [6.45, 7) is 10.6. The number of benzene rings is 1. The van der Waals surface area contributed by atoms with Gasteiger partial charge < -0.3 is 30.3 Å². The zero-order chi connectivity index (χ0) is 33.8. The van der Waals surface area contributed by atoms with E-state index >= 15 is 0 Å². The van der Waals surface area contributed by atoms with Crippen molar-refractivity contribution in [1.82, 2.24) is 25.8 Å². The summed E-state index contributed by atoms with van der Waals surface area (Å²) in [5, 5.41) is 12.3. The second kappa shape index (κ2) is 18.5. The zero-order valence-corrected chi connectivity index (χ0v) is 29.6. The number of nitrogens with zero attached hydrogens (tertiary/aromatic N) is 2. The van der Waals surface area contributed by atoms with Gasteiger partial charge in [-0.3, -0.25) is 14.4 Å². The van der Waals surface area contributed by atoms with Crippen molar-refractivity contribution in [3.8, 4) is 0 Å². The van der Waals surface area contributed by atoms with E-state index in [1.807, 2.05) is 61.4 Å². The molecule has 10 nitrogen and oxygen atoms in total. The average molecular weight is 658 g/mol. The lowest BCUT2D eigenvalue weighted by atomic mass is 9.90. The highest BCUT2D eigenvalue weighted by molar-refractivity contribution is 7.09. The number of carbonyl (C=O) groups is 3. The number of hydrogen-bond acceptors (Lipinski definition) is 8. The molecule has 3 amide bonds. The van der Waals surface area contributed by atoms with Crippen LogP contribution in [0.3, 0.4) is 0 Å². The van der Waals surface area contributed by atoms with Gasteiger partial charge >= 0.3 is 0 Å². The predicted octanol–water partition coefficient (Wildman–Crippen LogP) is 4.37. The fraction of sp³-hybridized carbons (Fsp3) is 0.657. The third-order valence-electron chi connectivity index (χ3n) is 9.43. The number of aromatic nitrogens is 1. The Kier molecular flexibility index (Phi) is 15.1. The summed E-state index contributed by atoms with van der Waals surface area (Å²) < 4.78 is 11.9. The number of likely N-dealkylation sites (tertiary alicyclic amines) is 1. The largest absolute Gasteiger partial charge is 0.379 e. The van der Waals surface area contributed by atoms with Gasteiger partial charge in [-0.05, 0) is 43.7 Å². The number of amides is 3. The summed E-state index contributed by atoms with van der Waals surface area (Å²) >= 11 is 1.52. The Balaban J connectivity index is 1.73. The van der Waals surface area contributed by atoms with Crippen molar-refractivity contribution in [3.05, 3.63) is 52.5 Å². The fourth-order valence-electron chi connectivity index (χ4n) is 6.57. The lowest BCUT2D eigenvalue weighted by Gasteiger charge is -2.37. The van der Waals surface area contributed by atoms with Crippen LogP contribution < -0.4 is 16.0 Å². The van der Waals surface area contributed by atoms with Gasteiger partial charge in [0, 0.05) is 32.3 Å². The molecule has 0 radical (unpaired) electrons.